The van der Waals surface area contributed by atoms with Gasteiger partial charge in [0.1, 0.15) is 0 Å². The second-order valence-corrected chi connectivity index (χ2v) is 7.08. The van der Waals surface area contributed by atoms with E-state index in [0.29, 0.717) is 6.04 Å². The van der Waals surface area contributed by atoms with Crippen LogP contribution >= 0.6 is 11.3 Å². The molecule has 0 aliphatic rings. The number of nitrogens with zero attached hydrogens (tertiary/aromatic N) is 2. The quantitative estimate of drug-likeness (QED) is 0.741. The molecule has 3 aromatic rings. The zero-order valence-corrected chi connectivity index (χ0v) is 14.7. The summed E-state index contributed by atoms with van der Waals surface area (Å²) in [5, 5.41) is 0. The molecule has 0 fully saturated rings. The highest BCUT2D eigenvalue weighted by molar-refractivity contribution is 7.09. The van der Waals surface area contributed by atoms with Crippen molar-refractivity contribution in [2.75, 3.05) is 0 Å². The Labute approximate surface area is 145 Å². The molecule has 0 spiro atoms. The molecule has 1 aromatic carbocycles. The van der Waals surface area contributed by atoms with Gasteiger partial charge in [0.15, 0.2) is 0 Å². The smallest absolute Gasteiger partial charge is 0.305 e. The second kappa shape index (κ2) is 7.55. The Morgan fingerprint density at radius 1 is 1.08 bits per heavy atom. The molecule has 2 aromatic heterocycles. The molecular formula is C19H21N3OS. The summed E-state index contributed by atoms with van der Waals surface area (Å²) in [6.45, 7) is 5.94. The summed E-state index contributed by atoms with van der Waals surface area (Å²) in [4.78, 5) is 22.6. The van der Waals surface area contributed by atoms with Crippen molar-refractivity contribution in [1.82, 2.24) is 14.9 Å². The van der Waals surface area contributed by atoms with Crippen LogP contribution in [0.3, 0.4) is 0 Å². The molecule has 3 rings (SSSR count). The molecule has 0 unspecified atom stereocenters. The van der Waals surface area contributed by atoms with Crippen molar-refractivity contribution in [3.05, 3.63) is 74.8 Å². The van der Waals surface area contributed by atoms with E-state index in [1.165, 1.54) is 16.9 Å². The number of hydrogen-bond acceptors (Lipinski definition) is 4. The van der Waals surface area contributed by atoms with Gasteiger partial charge in [-0.15, -0.1) is 0 Å². The third-order valence-electron chi connectivity index (χ3n) is 3.95. The summed E-state index contributed by atoms with van der Waals surface area (Å²) in [7, 11) is 0. The van der Waals surface area contributed by atoms with E-state index in [0.717, 1.165) is 29.4 Å². The highest BCUT2D eigenvalue weighted by Crippen LogP contribution is 2.24. The Hall–Kier alpha value is -2.24. The zero-order valence-electron chi connectivity index (χ0n) is 13.9. The molecule has 4 nitrogen and oxygen atoms in total. The zero-order chi connectivity index (χ0) is 16.9. The van der Waals surface area contributed by atoms with Crippen LogP contribution in [0.25, 0.3) is 11.4 Å². The van der Waals surface area contributed by atoms with E-state index in [4.69, 9.17) is 0 Å². The van der Waals surface area contributed by atoms with Crippen molar-refractivity contribution >= 4 is 11.3 Å². The van der Waals surface area contributed by atoms with Crippen LogP contribution in [0.2, 0.25) is 0 Å². The number of aromatic amines is 1. The maximum absolute atomic E-state index is 11.9. The molecule has 2 heterocycles. The van der Waals surface area contributed by atoms with Gasteiger partial charge in [-0.25, -0.2) is 0 Å². The van der Waals surface area contributed by atoms with Gasteiger partial charge in [-0.1, -0.05) is 47.7 Å². The van der Waals surface area contributed by atoms with Crippen molar-refractivity contribution in [3.8, 4) is 11.4 Å². The predicted octanol–water partition coefficient (Wildman–Crippen LogP) is 3.91. The molecule has 0 atom stereocenters. The number of thiazole rings is 1. The minimum Gasteiger partial charge on any atom is -0.311 e. The first-order valence-corrected chi connectivity index (χ1v) is 8.86. The van der Waals surface area contributed by atoms with Gasteiger partial charge < -0.3 is 4.98 Å². The molecule has 0 saturated heterocycles. The SMILES string of the molecule is CC(C)N(Cc1ccccc1)Cc1sc(=O)[nH]c1-c1ccccn1. The van der Waals surface area contributed by atoms with E-state index < -0.39 is 0 Å². The van der Waals surface area contributed by atoms with Crippen molar-refractivity contribution in [2.45, 2.75) is 33.0 Å². The monoisotopic (exact) mass is 339 g/mol. The molecule has 0 aliphatic heterocycles. The lowest BCUT2D eigenvalue weighted by Gasteiger charge is -2.26. The van der Waals surface area contributed by atoms with Gasteiger partial charge in [0, 0.05) is 30.2 Å². The van der Waals surface area contributed by atoms with Gasteiger partial charge in [0.2, 0.25) is 0 Å². The summed E-state index contributed by atoms with van der Waals surface area (Å²) >= 11 is 1.27. The molecule has 0 bridgehead atoms. The fourth-order valence-corrected chi connectivity index (χ4v) is 3.48. The first kappa shape index (κ1) is 16.6. The number of rotatable bonds is 6. The van der Waals surface area contributed by atoms with E-state index in [1.54, 1.807) is 6.20 Å². The van der Waals surface area contributed by atoms with Crippen molar-refractivity contribution < 1.29 is 0 Å². The van der Waals surface area contributed by atoms with Gasteiger partial charge >= 0.3 is 4.87 Å². The first-order chi connectivity index (χ1) is 11.6. The summed E-state index contributed by atoms with van der Waals surface area (Å²) in [5.74, 6) is 0. The van der Waals surface area contributed by atoms with Crippen LogP contribution in [0.1, 0.15) is 24.3 Å². The second-order valence-electron chi connectivity index (χ2n) is 6.01. The fraction of sp³-hybridized carbons (Fsp3) is 0.263. The number of hydrogen-bond donors (Lipinski definition) is 1. The van der Waals surface area contributed by atoms with Crippen LogP contribution in [0.5, 0.6) is 0 Å². The molecule has 5 heteroatoms. The number of benzene rings is 1. The third kappa shape index (κ3) is 3.99. The number of H-pyrrole nitrogens is 1. The van der Waals surface area contributed by atoms with E-state index in [9.17, 15) is 4.79 Å². The molecule has 24 heavy (non-hydrogen) atoms. The topological polar surface area (TPSA) is 49.0 Å². The maximum Gasteiger partial charge on any atom is 0.305 e. The van der Waals surface area contributed by atoms with Gasteiger partial charge in [-0.2, -0.15) is 0 Å². The van der Waals surface area contributed by atoms with Crippen LogP contribution in [0.4, 0.5) is 0 Å². The van der Waals surface area contributed by atoms with E-state index in [2.05, 4.69) is 53.0 Å². The average molecular weight is 339 g/mol. The highest BCUT2D eigenvalue weighted by atomic mass is 32.1. The Bertz CT molecular complexity index is 825. The molecule has 0 radical (unpaired) electrons. The number of aromatic nitrogens is 2. The van der Waals surface area contributed by atoms with E-state index in [-0.39, 0.29) is 4.87 Å². The van der Waals surface area contributed by atoms with E-state index >= 15 is 0 Å². The first-order valence-electron chi connectivity index (χ1n) is 8.05. The van der Waals surface area contributed by atoms with Crippen LogP contribution in [0.15, 0.2) is 59.5 Å². The fourth-order valence-electron chi connectivity index (χ4n) is 2.61. The average Bonchev–Trinajstić information content (AvgIpc) is 2.96. The summed E-state index contributed by atoms with van der Waals surface area (Å²) < 4.78 is 0. The van der Waals surface area contributed by atoms with Crippen LogP contribution in [-0.4, -0.2) is 20.9 Å². The summed E-state index contributed by atoms with van der Waals surface area (Å²) in [6, 6.07) is 16.5. The Kier molecular flexibility index (Phi) is 5.23. The Balaban J connectivity index is 1.87. The summed E-state index contributed by atoms with van der Waals surface area (Å²) in [5.41, 5.74) is 2.92. The predicted molar refractivity (Wildman–Crippen MR) is 99.0 cm³/mol. The standard InChI is InChI=1S/C19H21N3OS/c1-14(2)22(12-15-8-4-3-5-9-15)13-17-18(21-19(23)24-17)16-10-6-7-11-20-16/h3-11,14H,12-13H2,1-2H3,(H,21,23). The van der Waals surface area contributed by atoms with Crippen LogP contribution in [-0.2, 0) is 13.1 Å². The van der Waals surface area contributed by atoms with Gasteiger partial charge in [-0.3, -0.25) is 14.7 Å². The lowest BCUT2D eigenvalue weighted by Crippen LogP contribution is -2.29. The molecule has 0 saturated carbocycles. The highest BCUT2D eigenvalue weighted by Gasteiger charge is 2.17. The van der Waals surface area contributed by atoms with Crippen molar-refractivity contribution in [1.29, 1.82) is 0 Å². The summed E-state index contributed by atoms with van der Waals surface area (Å²) in [6.07, 6.45) is 1.75. The third-order valence-corrected chi connectivity index (χ3v) is 4.82. The van der Waals surface area contributed by atoms with Crippen molar-refractivity contribution in [2.24, 2.45) is 0 Å². The van der Waals surface area contributed by atoms with Crippen molar-refractivity contribution in [3.63, 3.8) is 0 Å². The Morgan fingerprint density at radius 3 is 2.50 bits per heavy atom. The maximum atomic E-state index is 11.9. The minimum absolute atomic E-state index is 0.0333. The molecule has 124 valence electrons. The number of nitrogens with one attached hydrogen (secondary N) is 1. The minimum atomic E-state index is -0.0333. The molecular weight excluding hydrogens is 318 g/mol. The van der Waals surface area contributed by atoms with Crippen LogP contribution < -0.4 is 4.87 Å². The van der Waals surface area contributed by atoms with E-state index in [1.807, 2.05) is 24.3 Å². The van der Waals surface area contributed by atoms with Gasteiger partial charge in [0.25, 0.3) is 0 Å². The van der Waals surface area contributed by atoms with Crippen LogP contribution in [0, 0.1) is 0 Å². The largest absolute Gasteiger partial charge is 0.311 e. The lowest BCUT2D eigenvalue weighted by atomic mass is 10.1. The molecule has 0 aliphatic carbocycles. The normalized spacial score (nSPS) is 11.3. The Morgan fingerprint density at radius 2 is 1.83 bits per heavy atom. The molecule has 0 amide bonds. The van der Waals surface area contributed by atoms with Gasteiger partial charge in [0.05, 0.1) is 11.4 Å². The molecule has 1 N–H and O–H groups in total. The van der Waals surface area contributed by atoms with Gasteiger partial charge in [-0.05, 0) is 31.5 Å². The number of pyridine rings is 1. The lowest BCUT2D eigenvalue weighted by molar-refractivity contribution is 0.206.